The third-order valence-corrected chi connectivity index (χ3v) is 6.13. The summed E-state index contributed by atoms with van der Waals surface area (Å²) in [5, 5.41) is 24.0. The van der Waals surface area contributed by atoms with Crippen LogP contribution in [0.3, 0.4) is 0 Å². The number of sulfonamides is 1. The third kappa shape index (κ3) is 4.75. The topological polar surface area (TPSA) is 138 Å². The molecule has 1 N–H and O–H groups in total. The Morgan fingerprint density at radius 3 is 2.31 bits per heavy atom. The van der Waals surface area contributed by atoms with Gasteiger partial charge in [0.1, 0.15) is 6.07 Å². The van der Waals surface area contributed by atoms with Gasteiger partial charge in [-0.25, -0.2) is 8.42 Å². The molecule has 1 aliphatic rings. The largest absolute Gasteiger partial charge is 0.379 e. The fourth-order valence-corrected chi connectivity index (χ4v) is 4.06. The minimum atomic E-state index is -3.59. The number of nitriles is 1. The van der Waals surface area contributed by atoms with Gasteiger partial charge in [-0.15, -0.1) is 0 Å². The quantitative estimate of drug-likeness (QED) is 0.432. The van der Waals surface area contributed by atoms with Crippen LogP contribution in [-0.2, 0) is 14.8 Å². The molecule has 11 heteroatoms. The molecule has 1 aliphatic heterocycles. The van der Waals surface area contributed by atoms with Gasteiger partial charge in [0.15, 0.2) is 5.71 Å². The number of nitro groups is 1. The Morgan fingerprint density at radius 2 is 1.76 bits per heavy atom. The molecule has 0 amide bonds. The van der Waals surface area contributed by atoms with Gasteiger partial charge in [-0.2, -0.15) is 14.7 Å². The van der Waals surface area contributed by atoms with Gasteiger partial charge >= 0.3 is 0 Å². The number of hydrogen-bond acceptors (Lipinski definition) is 8. The number of hydrogen-bond donors (Lipinski definition) is 1. The molecule has 0 saturated carbocycles. The van der Waals surface area contributed by atoms with Crippen LogP contribution < -0.4 is 5.43 Å². The molecule has 1 saturated heterocycles. The van der Waals surface area contributed by atoms with Gasteiger partial charge in [0.2, 0.25) is 10.0 Å². The van der Waals surface area contributed by atoms with Crippen LogP contribution in [0.2, 0.25) is 0 Å². The Morgan fingerprint density at radius 1 is 1.14 bits per heavy atom. The van der Waals surface area contributed by atoms with E-state index < -0.39 is 14.9 Å². The summed E-state index contributed by atoms with van der Waals surface area (Å²) in [6.07, 6.45) is 0. The highest BCUT2D eigenvalue weighted by atomic mass is 32.2. The maximum Gasteiger partial charge on any atom is 0.269 e. The number of non-ortho nitro benzene ring substituents is 1. The second-order valence-corrected chi connectivity index (χ2v) is 7.97. The second-order valence-electron chi connectivity index (χ2n) is 6.03. The van der Waals surface area contributed by atoms with Crippen LogP contribution in [0.4, 0.5) is 11.4 Å². The average Bonchev–Trinajstić information content (AvgIpc) is 2.75. The number of nitrogens with zero attached hydrogens (tertiary/aromatic N) is 4. The van der Waals surface area contributed by atoms with Crippen molar-refractivity contribution in [3.05, 3.63) is 64.2 Å². The standard InChI is InChI=1S/C18H17N5O5S/c19-13-18(14-1-5-16(6-2-14)23(24)25)21-20-15-3-7-17(8-4-15)29(26,27)22-9-11-28-12-10-22/h1-8,20H,9-12H2/b21-18+. The van der Waals surface area contributed by atoms with E-state index in [-0.39, 0.29) is 16.3 Å². The maximum atomic E-state index is 12.6. The van der Waals surface area contributed by atoms with E-state index in [0.717, 1.165) is 0 Å². The van der Waals surface area contributed by atoms with Crippen LogP contribution >= 0.6 is 0 Å². The first kappa shape index (κ1) is 20.4. The van der Waals surface area contributed by atoms with Crippen molar-refractivity contribution < 1.29 is 18.1 Å². The molecule has 0 bridgehead atoms. The zero-order chi connectivity index (χ0) is 20.9. The van der Waals surface area contributed by atoms with Crippen LogP contribution in [0.25, 0.3) is 0 Å². The van der Waals surface area contributed by atoms with Crippen LogP contribution in [0.5, 0.6) is 0 Å². The van der Waals surface area contributed by atoms with Crippen molar-refractivity contribution in [1.82, 2.24) is 4.31 Å². The minimum Gasteiger partial charge on any atom is -0.379 e. The highest BCUT2D eigenvalue weighted by Gasteiger charge is 2.26. The third-order valence-electron chi connectivity index (χ3n) is 4.22. The lowest BCUT2D eigenvalue weighted by Gasteiger charge is -2.26. The zero-order valence-corrected chi connectivity index (χ0v) is 16.0. The second kappa shape index (κ2) is 8.78. The lowest BCUT2D eigenvalue weighted by molar-refractivity contribution is -0.384. The van der Waals surface area contributed by atoms with Gasteiger partial charge in [-0.05, 0) is 36.4 Å². The summed E-state index contributed by atoms with van der Waals surface area (Å²) in [4.78, 5) is 10.3. The summed E-state index contributed by atoms with van der Waals surface area (Å²) in [6, 6.07) is 13.4. The van der Waals surface area contributed by atoms with E-state index in [2.05, 4.69) is 10.5 Å². The smallest absolute Gasteiger partial charge is 0.269 e. The molecule has 0 unspecified atom stereocenters. The number of nitrogens with one attached hydrogen (secondary N) is 1. The van der Waals surface area contributed by atoms with Crippen LogP contribution in [0, 0.1) is 21.4 Å². The molecule has 0 aromatic heterocycles. The molecule has 0 aliphatic carbocycles. The Kier molecular flexibility index (Phi) is 6.18. The molecule has 29 heavy (non-hydrogen) atoms. The number of morpholine rings is 1. The highest BCUT2D eigenvalue weighted by Crippen LogP contribution is 2.20. The van der Waals surface area contributed by atoms with Gasteiger partial charge < -0.3 is 4.74 Å². The van der Waals surface area contributed by atoms with Gasteiger partial charge in [-0.1, -0.05) is 0 Å². The molecule has 1 heterocycles. The molecule has 150 valence electrons. The molecular formula is C18H17N5O5S. The van der Waals surface area contributed by atoms with Crippen molar-refractivity contribution in [3.63, 3.8) is 0 Å². The summed E-state index contributed by atoms with van der Waals surface area (Å²) in [5.41, 5.74) is 3.54. The van der Waals surface area contributed by atoms with E-state index in [4.69, 9.17) is 4.74 Å². The molecule has 0 radical (unpaired) electrons. The van der Waals surface area contributed by atoms with Crippen LogP contribution in [-0.4, -0.2) is 49.7 Å². The van der Waals surface area contributed by atoms with Crippen molar-refractivity contribution in [2.24, 2.45) is 5.10 Å². The number of rotatable bonds is 6. The first-order valence-corrected chi connectivity index (χ1v) is 10.0. The predicted octanol–water partition coefficient (Wildman–Crippen LogP) is 1.96. The van der Waals surface area contributed by atoms with E-state index in [9.17, 15) is 23.8 Å². The SMILES string of the molecule is N#C/C(=N\Nc1ccc(S(=O)(=O)N2CCOCC2)cc1)c1ccc([N+](=O)[O-])cc1. The monoisotopic (exact) mass is 415 g/mol. The van der Waals surface area contributed by atoms with Crippen LogP contribution in [0.15, 0.2) is 58.5 Å². The van der Waals surface area contributed by atoms with Crippen molar-refractivity contribution in [2.75, 3.05) is 31.7 Å². The summed E-state index contributed by atoms with van der Waals surface area (Å²) >= 11 is 0. The van der Waals surface area contributed by atoms with Gasteiger partial charge in [0.05, 0.1) is 28.7 Å². The molecule has 10 nitrogen and oxygen atoms in total. The highest BCUT2D eigenvalue weighted by molar-refractivity contribution is 7.89. The van der Waals surface area contributed by atoms with Crippen molar-refractivity contribution >= 4 is 27.1 Å². The number of hydrazone groups is 1. The molecule has 2 aromatic rings. The Labute approximate surface area is 167 Å². The normalized spacial score (nSPS) is 15.5. The molecule has 1 fully saturated rings. The van der Waals surface area contributed by atoms with Crippen molar-refractivity contribution in [3.8, 4) is 6.07 Å². The summed E-state index contributed by atoms with van der Waals surface area (Å²) in [6.45, 7) is 1.36. The summed E-state index contributed by atoms with van der Waals surface area (Å²) in [7, 11) is -3.59. The molecule has 2 aromatic carbocycles. The lowest BCUT2D eigenvalue weighted by Crippen LogP contribution is -2.40. The Hall–Kier alpha value is -3.33. The van der Waals surface area contributed by atoms with E-state index >= 15 is 0 Å². The number of nitro benzene ring substituents is 1. The first-order chi connectivity index (χ1) is 13.9. The van der Waals surface area contributed by atoms with Gasteiger partial charge in [0, 0.05) is 30.8 Å². The Bertz CT molecular complexity index is 1050. The van der Waals surface area contributed by atoms with E-state index in [1.807, 2.05) is 6.07 Å². The lowest BCUT2D eigenvalue weighted by atomic mass is 10.1. The predicted molar refractivity (Wildman–Crippen MR) is 105 cm³/mol. The average molecular weight is 415 g/mol. The van der Waals surface area contributed by atoms with Gasteiger partial charge in [-0.3, -0.25) is 15.5 Å². The summed E-state index contributed by atoms with van der Waals surface area (Å²) in [5.74, 6) is 0. The fourth-order valence-electron chi connectivity index (χ4n) is 2.65. The van der Waals surface area contributed by atoms with Crippen LogP contribution in [0.1, 0.15) is 5.56 Å². The maximum absolute atomic E-state index is 12.6. The zero-order valence-electron chi connectivity index (χ0n) is 15.2. The minimum absolute atomic E-state index is 0.0323. The Balaban J connectivity index is 1.73. The van der Waals surface area contributed by atoms with Crippen molar-refractivity contribution in [1.29, 1.82) is 5.26 Å². The van der Waals surface area contributed by atoms with Crippen molar-refractivity contribution in [2.45, 2.75) is 4.90 Å². The van der Waals surface area contributed by atoms with E-state index in [1.54, 1.807) is 12.1 Å². The van der Waals surface area contributed by atoms with E-state index in [0.29, 0.717) is 37.6 Å². The fraction of sp³-hybridized carbons (Fsp3) is 0.222. The first-order valence-electron chi connectivity index (χ1n) is 8.58. The number of anilines is 1. The van der Waals surface area contributed by atoms with E-state index in [1.165, 1.54) is 40.7 Å². The van der Waals surface area contributed by atoms with Gasteiger partial charge in [0.25, 0.3) is 5.69 Å². The summed E-state index contributed by atoms with van der Waals surface area (Å²) < 4.78 is 31.8. The molecule has 0 atom stereocenters. The number of benzene rings is 2. The number of ether oxygens (including phenoxy) is 1. The molecule has 3 rings (SSSR count). The molecular weight excluding hydrogens is 398 g/mol. The molecule has 0 spiro atoms.